The zero-order chi connectivity index (χ0) is 21.3. The third kappa shape index (κ3) is 3.81. The number of nitrogens with two attached hydrogens (primary N) is 1. The zero-order valence-corrected chi connectivity index (χ0v) is 17.4. The number of anilines is 1. The molecule has 1 atom stereocenters. The molecule has 2 aliphatic rings. The lowest BCUT2D eigenvalue weighted by molar-refractivity contribution is -0.141. The summed E-state index contributed by atoms with van der Waals surface area (Å²) in [4.78, 5) is 23.8. The molecule has 1 amide bonds. The van der Waals surface area contributed by atoms with E-state index in [0.29, 0.717) is 39.0 Å². The molecule has 2 N–H and O–H groups in total. The van der Waals surface area contributed by atoms with E-state index in [0.717, 1.165) is 29.0 Å². The maximum absolute atomic E-state index is 13.2. The third-order valence-electron chi connectivity index (χ3n) is 6.46. The van der Waals surface area contributed by atoms with Gasteiger partial charge in [0.05, 0.1) is 24.5 Å². The number of nitrogen functional groups attached to an aromatic ring is 1. The SMILES string of the molecule is Nc1ncc2c(n1)C1(CCN(C(=O)CC(c3ccccc3)c3ccco3)CC1)OCC2. The van der Waals surface area contributed by atoms with Crippen molar-refractivity contribution in [2.75, 3.05) is 25.4 Å². The molecule has 3 aromatic rings. The molecule has 0 aliphatic carbocycles. The van der Waals surface area contributed by atoms with E-state index in [4.69, 9.17) is 14.9 Å². The number of likely N-dealkylation sites (tertiary alicyclic amines) is 1. The van der Waals surface area contributed by atoms with Crippen LogP contribution in [0, 0.1) is 0 Å². The number of benzene rings is 1. The number of rotatable bonds is 4. The van der Waals surface area contributed by atoms with Crippen molar-refractivity contribution in [3.8, 4) is 0 Å². The Morgan fingerprint density at radius 3 is 2.71 bits per heavy atom. The molecule has 4 heterocycles. The van der Waals surface area contributed by atoms with Gasteiger partial charge in [0.25, 0.3) is 0 Å². The van der Waals surface area contributed by atoms with Crippen LogP contribution >= 0.6 is 0 Å². The summed E-state index contributed by atoms with van der Waals surface area (Å²) in [6.07, 6.45) is 6.05. The summed E-state index contributed by atoms with van der Waals surface area (Å²) in [6, 6.07) is 13.9. The number of furan rings is 1. The summed E-state index contributed by atoms with van der Waals surface area (Å²) < 4.78 is 11.9. The van der Waals surface area contributed by atoms with Crippen LogP contribution < -0.4 is 5.73 Å². The van der Waals surface area contributed by atoms with Crippen molar-refractivity contribution in [2.45, 2.75) is 37.2 Å². The van der Waals surface area contributed by atoms with Crippen LogP contribution in [0.4, 0.5) is 5.95 Å². The molecule has 2 aromatic heterocycles. The number of piperidine rings is 1. The van der Waals surface area contributed by atoms with E-state index in [1.165, 1.54) is 0 Å². The standard InChI is InChI=1S/C24H26N4O3/c25-23-26-16-18-8-14-31-24(22(18)27-23)9-11-28(12-10-24)21(29)15-19(20-7-4-13-30-20)17-5-2-1-3-6-17/h1-7,13,16,19H,8-12,14-15H2,(H2,25,26,27). The van der Waals surface area contributed by atoms with Gasteiger partial charge in [0.1, 0.15) is 11.4 Å². The highest BCUT2D eigenvalue weighted by atomic mass is 16.5. The Morgan fingerprint density at radius 2 is 1.97 bits per heavy atom. The molecule has 1 spiro atoms. The van der Waals surface area contributed by atoms with E-state index in [1.807, 2.05) is 53.6 Å². The first kappa shape index (κ1) is 19.8. The number of nitrogens with zero attached hydrogens (tertiary/aromatic N) is 3. The molecule has 1 fully saturated rings. The second-order valence-electron chi connectivity index (χ2n) is 8.26. The Balaban J connectivity index is 1.31. The van der Waals surface area contributed by atoms with Crippen LogP contribution in [0.1, 0.15) is 47.8 Å². The maximum atomic E-state index is 13.2. The molecule has 2 aliphatic heterocycles. The number of amides is 1. The predicted molar refractivity (Wildman–Crippen MR) is 115 cm³/mol. The van der Waals surface area contributed by atoms with E-state index in [1.54, 1.807) is 6.26 Å². The number of hydrogen-bond acceptors (Lipinski definition) is 6. The van der Waals surface area contributed by atoms with Crippen LogP contribution in [0.3, 0.4) is 0 Å². The van der Waals surface area contributed by atoms with Gasteiger partial charge >= 0.3 is 0 Å². The lowest BCUT2D eigenvalue weighted by atomic mass is 9.83. The smallest absolute Gasteiger partial charge is 0.223 e. The Morgan fingerprint density at radius 1 is 1.16 bits per heavy atom. The van der Waals surface area contributed by atoms with Crippen LogP contribution in [0.15, 0.2) is 59.3 Å². The van der Waals surface area contributed by atoms with E-state index in [2.05, 4.69) is 9.97 Å². The Labute approximate surface area is 181 Å². The summed E-state index contributed by atoms with van der Waals surface area (Å²) in [5.74, 6) is 1.10. The average Bonchev–Trinajstić information content (AvgIpc) is 3.34. The molecule has 160 valence electrons. The number of aromatic nitrogens is 2. The fraction of sp³-hybridized carbons (Fsp3) is 0.375. The first-order valence-electron chi connectivity index (χ1n) is 10.8. The lowest BCUT2D eigenvalue weighted by Gasteiger charge is -2.44. The fourth-order valence-corrected chi connectivity index (χ4v) is 4.78. The van der Waals surface area contributed by atoms with Crippen molar-refractivity contribution >= 4 is 11.9 Å². The molecule has 1 unspecified atom stereocenters. The normalized spacial score (nSPS) is 18.5. The summed E-state index contributed by atoms with van der Waals surface area (Å²) in [5.41, 5.74) is 8.46. The minimum atomic E-state index is -0.471. The minimum Gasteiger partial charge on any atom is -0.469 e. The third-order valence-corrected chi connectivity index (χ3v) is 6.46. The van der Waals surface area contributed by atoms with Crippen molar-refractivity contribution in [2.24, 2.45) is 0 Å². The van der Waals surface area contributed by atoms with Gasteiger partial charge in [-0.1, -0.05) is 30.3 Å². The molecule has 0 bridgehead atoms. The number of carbonyl (C=O) groups is 1. The van der Waals surface area contributed by atoms with Gasteiger partial charge in [-0.05, 0) is 42.5 Å². The van der Waals surface area contributed by atoms with Crippen LogP contribution in [-0.2, 0) is 21.6 Å². The number of hydrogen-bond donors (Lipinski definition) is 1. The van der Waals surface area contributed by atoms with Crippen molar-refractivity contribution in [3.05, 3.63) is 77.5 Å². The monoisotopic (exact) mass is 418 g/mol. The van der Waals surface area contributed by atoms with E-state index in [9.17, 15) is 4.79 Å². The molecule has 31 heavy (non-hydrogen) atoms. The van der Waals surface area contributed by atoms with Gasteiger partial charge in [-0.3, -0.25) is 4.79 Å². The number of carbonyl (C=O) groups excluding carboxylic acids is 1. The molecular weight excluding hydrogens is 392 g/mol. The fourth-order valence-electron chi connectivity index (χ4n) is 4.78. The molecular formula is C24H26N4O3. The van der Waals surface area contributed by atoms with E-state index in [-0.39, 0.29) is 17.8 Å². The summed E-state index contributed by atoms with van der Waals surface area (Å²) >= 11 is 0. The summed E-state index contributed by atoms with van der Waals surface area (Å²) in [6.45, 7) is 1.90. The summed E-state index contributed by atoms with van der Waals surface area (Å²) in [5, 5.41) is 0. The van der Waals surface area contributed by atoms with Crippen molar-refractivity contribution < 1.29 is 13.9 Å². The van der Waals surface area contributed by atoms with Gasteiger partial charge in [-0.25, -0.2) is 9.97 Å². The predicted octanol–water partition coefficient (Wildman–Crippen LogP) is 3.26. The van der Waals surface area contributed by atoms with Gasteiger partial charge in [-0.15, -0.1) is 0 Å². The first-order chi connectivity index (χ1) is 15.1. The zero-order valence-electron chi connectivity index (χ0n) is 17.4. The second-order valence-corrected chi connectivity index (χ2v) is 8.26. The minimum absolute atomic E-state index is 0.0983. The van der Waals surface area contributed by atoms with E-state index < -0.39 is 5.60 Å². The highest BCUT2D eigenvalue weighted by molar-refractivity contribution is 5.77. The molecule has 7 heteroatoms. The molecule has 1 saturated heterocycles. The number of ether oxygens (including phenoxy) is 1. The van der Waals surface area contributed by atoms with Crippen LogP contribution in [0.25, 0.3) is 0 Å². The van der Waals surface area contributed by atoms with Gasteiger partial charge in [0.15, 0.2) is 0 Å². The number of fused-ring (bicyclic) bond motifs is 2. The molecule has 5 rings (SSSR count). The Kier molecular flexibility index (Phi) is 5.19. The summed E-state index contributed by atoms with van der Waals surface area (Å²) in [7, 11) is 0. The van der Waals surface area contributed by atoms with Gasteiger partial charge in [-0.2, -0.15) is 0 Å². The molecule has 0 radical (unpaired) electrons. The van der Waals surface area contributed by atoms with Crippen LogP contribution in [-0.4, -0.2) is 40.5 Å². The second kappa shape index (κ2) is 8.15. The van der Waals surface area contributed by atoms with Gasteiger partial charge < -0.3 is 19.8 Å². The maximum Gasteiger partial charge on any atom is 0.223 e. The van der Waals surface area contributed by atoms with Gasteiger partial charge in [0.2, 0.25) is 11.9 Å². The molecule has 0 saturated carbocycles. The molecule has 7 nitrogen and oxygen atoms in total. The van der Waals surface area contributed by atoms with Crippen molar-refractivity contribution in [1.29, 1.82) is 0 Å². The lowest BCUT2D eigenvalue weighted by Crippen LogP contribution is -2.49. The van der Waals surface area contributed by atoms with Crippen molar-refractivity contribution in [3.63, 3.8) is 0 Å². The Bertz CT molecular complexity index is 1040. The quantitative estimate of drug-likeness (QED) is 0.699. The van der Waals surface area contributed by atoms with Crippen LogP contribution in [0.5, 0.6) is 0 Å². The Hall–Kier alpha value is -3.19. The van der Waals surface area contributed by atoms with E-state index >= 15 is 0 Å². The highest BCUT2D eigenvalue weighted by Crippen LogP contribution is 2.41. The van der Waals surface area contributed by atoms with Gasteiger partial charge in [0, 0.05) is 25.7 Å². The van der Waals surface area contributed by atoms with Crippen LogP contribution in [0.2, 0.25) is 0 Å². The topological polar surface area (TPSA) is 94.5 Å². The molecule has 1 aromatic carbocycles. The largest absolute Gasteiger partial charge is 0.469 e. The highest BCUT2D eigenvalue weighted by Gasteiger charge is 2.43. The average molecular weight is 418 g/mol. The first-order valence-corrected chi connectivity index (χ1v) is 10.8. The van der Waals surface area contributed by atoms with Crippen molar-refractivity contribution in [1.82, 2.24) is 14.9 Å².